The van der Waals surface area contributed by atoms with Gasteiger partial charge in [-0.05, 0) is 123 Å². The minimum absolute atomic E-state index is 0.139. The number of hydrogen-bond donors (Lipinski definition) is 2. The lowest BCUT2D eigenvalue weighted by atomic mass is 10.2. The van der Waals surface area contributed by atoms with Gasteiger partial charge in [-0.1, -0.05) is 0 Å². The van der Waals surface area contributed by atoms with Gasteiger partial charge in [-0.2, -0.15) is 8.42 Å². The molecule has 0 unspecified atom stereocenters. The Morgan fingerprint density at radius 1 is 0.692 bits per heavy atom. The molecule has 0 atom stereocenters. The molecule has 0 aliphatic heterocycles. The van der Waals surface area contributed by atoms with Crippen LogP contribution in [-0.2, 0) is 13.3 Å². The molecule has 0 amide bonds. The Kier molecular flexibility index (Phi) is 17.4. The molecule has 2 aromatic carbocycles. The molecule has 0 fully saturated rings. The van der Waals surface area contributed by atoms with Crippen LogP contribution in [0, 0.1) is 13.8 Å². The molecular weight excluding hydrogens is 573 g/mol. The number of benzene rings is 2. The van der Waals surface area contributed by atoms with Crippen molar-refractivity contribution in [3.05, 3.63) is 47.5 Å². The summed E-state index contributed by atoms with van der Waals surface area (Å²) < 4.78 is 40.7. The van der Waals surface area contributed by atoms with Gasteiger partial charge in [-0.15, -0.1) is 23.5 Å². The zero-order chi connectivity index (χ0) is 28.3. The van der Waals surface area contributed by atoms with Crippen LogP contribution in [0.5, 0.6) is 11.5 Å². The van der Waals surface area contributed by atoms with Gasteiger partial charge < -0.3 is 20.1 Å². The van der Waals surface area contributed by atoms with E-state index in [2.05, 4.69) is 61.3 Å². The number of hydrogen-bond acceptors (Lipinski definition) is 10. The number of aryl methyl sites for hydroxylation is 2. The summed E-state index contributed by atoms with van der Waals surface area (Å²) in [7, 11) is -2.73. The zero-order valence-electron chi connectivity index (χ0n) is 23.6. The van der Waals surface area contributed by atoms with E-state index in [9.17, 15) is 8.42 Å². The molecule has 39 heavy (non-hydrogen) atoms. The Bertz CT molecular complexity index is 992. The highest BCUT2D eigenvalue weighted by Gasteiger charge is 2.11. The van der Waals surface area contributed by atoms with Gasteiger partial charge >= 0.3 is 9.15 Å². The topological polar surface area (TPSA) is 85.9 Å². The second-order valence-electron chi connectivity index (χ2n) is 8.93. The maximum absolute atomic E-state index is 12.0. The molecule has 0 aromatic heterocycles. The fourth-order valence-corrected chi connectivity index (χ4v) is 6.91. The summed E-state index contributed by atoms with van der Waals surface area (Å²) in [5.74, 6) is 2.26. The summed E-state index contributed by atoms with van der Waals surface area (Å²) in [4.78, 5) is 2.53. The Morgan fingerprint density at radius 2 is 1.21 bits per heavy atom. The second kappa shape index (κ2) is 19.9. The number of ether oxygens (including phenoxy) is 2. The minimum Gasteiger partial charge on any atom is -0.494 e. The van der Waals surface area contributed by atoms with E-state index >= 15 is 0 Å². The highest BCUT2D eigenvalue weighted by Crippen LogP contribution is 2.25. The minimum atomic E-state index is -3.57. The first-order valence-corrected chi connectivity index (χ1v) is 18.7. The highest BCUT2D eigenvalue weighted by atomic mass is 33.1. The second-order valence-corrected chi connectivity index (χ2v) is 14.3. The lowest BCUT2D eigenvalue weighted by Gasteiger charge is -2.10. The van der Waals surface area contributed by atoms with E-state index in [0.29, 0.717) is 32.1 Å². The molecule has 2 aromatic rings. The van der Waals surface area contributed by atoms with E-state index in [-0.39, 0.29) is 6.61 Å². The lowest BCUT2D eigenvalue weighted by Crippen LogP contribution is -2.23. The first-order valence-electron chi connectivity index (χ1n) is 13.3. The number of unbranched alkanes of at least 4 members (excludes halogenated alkanes) is 2. The molecule has 220 valence electrons. The molecule has 2 N–H and O–H groups in total. The number of rotatable bonds is 22. The normalized spacial score (nSPS) is 11.6. The van der Waals surface area contributed by atoms with Crippen LogP contribution in [0.1, 0.15) is 36.8 Å². The summed E-state index contributed by atoms with van der Waals surface area (Å²) in [6.07, 6.45) is 7.94. The van der Waals surface area contributed by atoms with Crippen molar-refractivity contribution in [2.45, 2.75) is 49.3 Å². The quantitative estimate of drug-likeness (QED) is 0.0942. The van der Waals surface area contributed by atoms with E-state index in [1.807, 2.05) is 12.1 Å². The van der Waals surface area contributed by atoms with Crippen LogP contribution in [0.3, 0.4) is 0 Å². The van der Waals surface area contributed by atoms with Gasteiger partial charge in [-0.25, -0.2) is 0 Å². The first kappa shape index (κ1) is 34.1. The third kappa shape index (κ3) is 14.9. The molecule has 0 spiro atoms. The molecule has 0 radical (unpaired) electrons. The van der Waals surface area contributed by atoms with Crippen LogP contribution in [0.25, 0.3) is 0 Å². The van der Waals surface area contributed by atoms with Gasteiger partial charge in [0.25, 0.3) is 0 Å². The summed E-state index contributed by atoms with van der Waals surface area (Å²) in [6, 6.07) is 12.3. The van der Waals surface area contributed by atoms with Crippen molar-refractivity contribution < 1.29 is 22.1 Å². The van der Waals surface area contributed by atoms with E-state index in [1.54, 1.807) is 23.5 Å². The summed E-state index contributed by atoms with van der Waals surface area (Å²) in [6.45, 7) is 8.39. The fraction of sp³-hybridized carbons (Fsp3) is 0.571. The molecule has 0 aliphatic rings. The Balaban J connectivity index is 1.38. The zero-order valence-corrected chi connectivity index (χ0v) is 26.9. The molecule has 0 heterocycles. The third-order valence-corrected chi connectivity index (χ3v) is 10.3. The largest absolute Gasteiger partial charge is 0.494 e. The van der Waals surface area contributed by atoms with Crippen molar-refractivity contribution in [3.63, 3.8) is 0 Å². The van der Waals surface area contributed by atoms with Crippen molar-refractivity contribution in [1.29, 1.82) is 0 Å². The van der Waals surface area contributed by atoms with Crippen LogP contribution < -0.4 is 20.1 Å². The van der Waals surface area contributed by atoms with Crippen molar-refractivity contribution in [3.8, 4) is 11.5 Å². The maximum Gasteiger partial charge on any atom is 0.322 e. The van der Waals surface area contributed by atoms with Crippen molar-refractivity contribution in [2.75, 3.05) is 64.3 Å². The van der Waals surface area contributed by atoms with Crippen LogP contribution >= 0.6 is 34.3 Å². The van der Waals surface area contributed by atoms with Crippen molar-refractivity contribution in [2.24, 2.45) is 0 Å². The monoisotopic (exact) mass is 616 g/mol. The Labute approximate surface area is 247 Å². The van der Waals surface area contributed by atoms with Crippen LogP contribution in [0.15, 0.2) is 46.2 Å². The summed E-state index contributed by atoms with van der Waals surface area (Å²) >= 11 is 3.47. The van der Waals surface area contributed by atoms with Crippen LogP contribution in [-0.4, -0.2) is 72.7 Å². The van der Waals surface area contributed by atoms with Gasteiger partial charge in [0, 0.05) is 28.6 Å². The van der Waals surface area contributed by atoms with Gasteiger partial charge in [0.15, 0.2) is 0 Å². The van der Waals surface area contributed by atoms with Gasteiger partial charge in [-0.3, -0.25) is 4.18 Å². The average molecular weight is 617 g/mol. The average Bonchev–Trinajstić information content (AvgIpc) is 2.91. The highest BCUT2D eigenvalue weighted by molar-refractivity contribution is 8.70. The molecule has 7 nitrogen and oxygen atoms in total. The van der Waals surface area contributed by atoms with Crippen LogP contribution in [0.4, 0.5) is 0 Å². The van der Waals surface area contributed by atoms with Gasteiger partial charge in [0.1, 0.15) is 11.5 Å². The lowest BCUT2D eigenvalue weighted by molar-refractivity contribution is 0.301. The smallest absolute Gasteiger partial charge is 0.322 e. The van der Waals surface area contributed by atoms with Gasteiger partial charge in [0.2, 0.25) is 0 Å². The predicted molar refractivity (Wildman–Crippen MR) is 168 cm³/mol. The van der Waals surface area contributed by atoms with Crippen molar-refractivity contribution >= 4 is 43.5 Å². The maximum atomic E-state index is 12.0. The molecule has 0 saturated carbocycles. The third-order valence-electron chi connectivity index (χ3n) is 5.78. The molecule has 0 bridgehead atoms. The van der Waals surface area contributed by atoms with E-state index in [1.165, 1.54) is 20.9 Å². The van der Waals surface area contributed by atoms with Crippen molar-refractivity contribution in [1.82, 2.24) is 10.6 Å². The summed E-state index contributed by atoms with van der Waals surface area (Å²) in [5.41, 5.74) is 2.46. The number of thioether (sulfide) groups is 2. The molecule has 11 heteroatoms. The van der Waals surface area contributed by atoms with E-state index in [4.69, 9.17) is 13.7 Å². The molecule has 0 aliphatic carbocycles. The standard InChI is InChI=1S/C28H44N2O5S4/c1-23-21-25(9-11-27(23)36-3)33-17-7-5-13-29-15-19-35-39(31,32)38-20-16-30-14-6-8-18-34-26-10-12-28(37-4)24(2)22-26/h9-12,21-22,29-30H,5-8,13-20H2,1-4H3. The van der Waals surface area contributed by atoms with Crippen LogP contribution in [0.2, 0.25) is 0 Å². The predicted octanol–water partition coefficient (Wildman–Crippen LogP) is 5.94. The molecular formula is C28H44N2O5S4. The van der Waals surface area contributed by atoms with E-state index < -0.39 is 9.15 Å². The van der Waals surface area contributed by atoms with Gasteiger partial charge in [0.05, 0.1) is 19.8 Å². The summed E-state index contributed by atoms with van der Waals surface area (Å²) in [5, 5.41) is 6.50. The fourth-order valence-electron chi connectivity index (χ4n) is 3.68. The first-order chi connectivity index (χ1) is 18.8. The molecule has 0 saturated heterocycles. The SMILES string of the molecule is CSc1ccc(OCCCCNCCOS(=O)(=O)SCCNCCCCOc2ccc(SC)c(C)c2)cc1C. The Hall–Kier alpha value is -1.08. The van der Waals surface area contributed by atoms with E-state index in [0.717, 1.165) is 61.1 Å². The molecule has 2 rings (SSSR count). The number of nitrogens with one attached hydrogen (secondary N) is 2. The Morgan fingerprint density at radius 3 is 1.69 bits per heavy atom.